The molecule has 0 aliphatic heterocycles. The Morgan fingerprint density at radius 2 is 1.84 bits per heavy atom. The minimum Gasteiger partial charge on any atom is -0.380 e. The number of nitrogens with two attached hydrogens (primary N) is 1. The molecule has 0 radical (unpaired) electrons. The molecule has 0 bridgehead atoms. The van der Waals surface area contributed by atoms with Crippen molar-refractivity contribution in [2.24, 2.45) is 0 Å². The number of halogens is 2. The molecule has 5 nitrogen and oxygen atoms in total. The third-order valence-corrected chi connectivity index (χ3v) is 3.12. The molecule has 2 aromatic rings. The molecule has 1 heterocycles. The van der Waals surface area contributed by atoms with Gasteiger partial charge in [0.2, 0.25) is 0 Å². The lowest BCUT2D eigenvalue weighted by molar-refractivity contribution is 0.396. The van der Waals surface area contributed by atoms with Gasteiger partial charge in [0.25, 0.3) is 0 Å². The lowest BCUT2D eigenvalue weighted by Crippen LogP contribution is -2.01. The Balaban J connectivity index is 2.58. The Kier molecular flexibility index (Phi) is 3.27. The van der Waals surface area contributed by atoms with Crippen LogP contribution in [-0.4, -0.2) is 19.8 Å². The third kappa shape index (κ3) is 3.08. The summed E-state index contributed by atoms with van der Waals surface area (Å²) in [7, 11) is -3.39. The maximum Gasteiger partial charge on any atom is 0.175 e. The molecule has 0 aliphatic carbocycles. The molecule has 8 heteroatoms. The van der Waals surface area contributed by atoms with E-state index in [4.69, 9.17) is 10.3 Å². The number of hydrogen-bond acceptors (Lipinski definition) is 5. The van der Waals surface area contributed by atoms with Gasteiger partial charge in [0.15, 0.2) is 21.4 Å². The second kappa shape index (κ2) is 4.61. The summed E-state index contributed by atoms with van der Waals surface area (Å²) in [6, 6.07) is 2.75. The van der Waals surface area contributed by atoms with Crippen molar-refractivity contribution in [2.75, 3.05) is 12.0 Å². The summed E-state index contributed by atoms with van der Waals surface area (Å²) in [5.74, 6) is -2.24. The van der Waals surface area contributed by atoms with Crippen LogP contribution in [0.3, 0.4) is 0 Å². The molecule has 0 fully saturated rings. The van der Waals surface area contributed by atoms with Gasteiger partial charge >= 0.3 is 0 Å². The number of hydrogen-bond donors (Lipinski definition) is 1. The molecule has 0 spiro atoms. The number of anilines is 1. The van der Waals surface area contributed by atoms with Crippen molar-refractivity contribution in [3.8, 4) is 11.1 Å². The fraction of sp³-hybridized carbons (Fsp3) is 0.182. The van der Waals surface area contributed by atoms with E-state index in [-0.39, 0.29) is 22.7 Å². The largest absolute Gasteiger partial charge is 0.380 e. The smallest absolute Gasteiger partial charge is 0.175 e. The minimum absolute atomic E-state index is 0.0509. The van der Waals surface area contributed by atoms with Gasteiger partial charge in [-0.25, -0.2) is 17.2 Å². The summed E-state index contributed by atoms with van der Waals surface area (Å²) in [6.45, 7) is 0. The van der Waals surface area contributed by atoms with Crippen molar-refractivity contribution < 1.29 is 21.7 Å². The minimum atomic E-state index is -3.39. The molecule has 102 valence electrons. The Hall–Kier alpha value is -1.96. The lowest BCUT2D eigenvalue weighted by atomic mass is 10.1. The summed E-state index contributed by atoms with van der Waals surface area (Å²) >= 11 is 0. The van der Waals surface area contributed by atoms with E-state index in [2.05, 4.69) is 5.16 Å². The Morgan fingerprint density at radius 1 is 1.26 bits per heavy atom. The SMILES string of the molecule is CS(=O)(=O)Cc1onc(N)c1-c1cc(F)cc(F)c1. The van der Waals surface area contributed by atoms with Crippen molar-refractivity contribution in [3.05, 3.63) is 35.6 Å². The predicted octanol–water partition coefficient (Wildman–Crippen LogP) is 1.75. The first-order valence-electron chi connectivity index (χ1n) is 5.14. The van der Waals surface area contributed by atoms with Gasteiger partial charge in [-0.1, -0.05) is 5.16 Å². The molecule has 0 atom stereocenters. The van der Waals surface area contributed by atoms with E-state index in [1.54, 1.807) is 0 Å². The Bertz CT molecular complexity index is 705. The Morgan fingerprint density at radius 3 is 2.37 bits per heavy atom. The van der Waals surface area contributed by atoms with E-state index in [1.807, 2.05) is 0 Å². The van der Waals surface area contributed by atoms with Gasteiger partial charge in [0, 0.05) is 12.3 Å². The lowest BCUT2D eigenvalue weighted by Gasteiger charge is -2.02. The van der Waals surface area contributed by atoms with Crippen LogP contribution in [0.15, 0.2) is 22.7 Å². The van der Waals surface area contributed by atoms with Crippen molar-refractivity contribution in [2.45, 2.75) is 5.75 Å². The van der Waals surface area contributed by atoms with E-state index in [0.717, 1.165) is 18.4 Å². The maximum absolute atomic E-state index is 13.2. The first-order valence-corrected chi connectivity index (χ1v) is 7.20. The highest BCUT2D eigenvalue weighted by Gasteiger charge is 2.20. The normalized spacial score (nSPS) is 11.7. The van der Waals surface area contributed by atoms with Crippen molar-refractivity contribution in [1.29, 1.82) is 0 Å². The second-order valence-corrected chi connectivity index (χ2v) is 6.23. The number of nitrogens with zero attached hydrogens (tertiary/aromatic N) is 1. The van der Waals surface area contributed by atoms with Crippen molar-refractivity contribution >= 4 is 15.7 Å². The highest BCUT2D eigenvalue weighted by atomic mass is 32.2. The monoisotopic (exact) mass is 288 g/mol. The van der Waals surface area contributed by atoms with Crippen LogP contribution in [0.25, 0.3) is 11.1 Å². The summed E-state index contributed by atoms with van der Waals surface area (Å²) < 4.78 is 53.6. The third-order valence-electron chi connectivity index (χ3n) is 2.33. The van der Waals surface area contributed by atoms with Crippen LogP contribution in [0, 0.1) is 11.6 Å². The van der Waals surface area contributed by atoms with Crippen LogP contribution < -0.4 is 5.73 Å². The maximum atomic E-state index is 13.2. The van der Waals surface area contributed by atoms with Crippen molar-refractivity contribution in [3.63, 3.8) is 0 Å². The number of sulfone groups is 1. The molecule has 0 saturated heterocycles. The molecular formula is C11H10F2N2O3S. The average Bonchev–Trinajstić information content (AvgIpc) is 2.55. The highest BCUT2D eigenvalue weighted by Crippen LogP contribution is 2.31. The van der Waals surface area contributed by atoms with Gasteiger partial charge < -0.3 is 10.3 Å². The standard InChI is InChI=1S/C11H10F2N2O3S/c1-19(16,17)5-9-10(11(14)15-18-9)6-2-7(12)4-8(13)3-6/h2-4H,5H2,1H3,(H2,14,15). The first kappa shape index (κ1) is 13.5. The molecule has 0 unspecified atom stereocenters. The molecule has 1 aromatic carbocycles. The summed E-state index contributed by atoms with van der Waals surface area (Å²) in [5.41, 5.74) is 5.71. The van der Waals surface area contributed by atoms with Gasteiger partial charge in [-0.15, -0.1) is 0 Å². The fourth-order valence-corrected chi connectivity index (χ4v) is 2.36. The van der Waals surface area contributed by atoms with Crippen LogP contribution in [0.4, 0.5) is 14.6 Å². The zero-order valence-electron chi connectivity index (χ0n) is 9.85. The van der Waals surface area contributed by atoms with E-state index in [1.165, 1.54) is 0 Å². The van der Waals surface area contributed by atoms with Gasteiger partial charge in [-0.2, -0.15) is 0 Å². The van der Waals surface area contributed by atoms with Crippen LogP contribution in [0.5, 0.6) is 0 Å². The highest BCUT2D eigenvalue weighted by molar-refractivity contribution is 7.89. The second-order valence-electron chi connectivity index (χ2n) is 4.09. The van der Waals surface area contributed by atoms with Crippen molar-refractivity contribution in [1.82, 2.24) is 5.16 Å². The molecule has 2 N–H and O–H groups in total. The zero-order chi connectivity index (χ0) is 14.2. The van der Waals surface area contributed by atoms with E-state index < -0.39 is 27.2 Å². The molecule has 0 amide bonds. The fourth-order valence-electron chi connectivity index (χ4n) is 1.68. The molecule has 2 rings (SSSR count). The number of nitrogen functional groups attached to an aromatic ring is 1. The topological polar surface area (TPSA) is 86.2 Å². The van der Waals surface area contributed by atoms with Gasteiger partial charge in [-0.05, 0) is 17.7 Å². The van der Waals surface area contributed by atoms with E-state index >= 15 is 0 Å². The number of benzene rings is 1. The van der Waals surface area contributed by atoms with Gasteiger partial charge in [0.05, 0.1) is 5.56 Å². The van der Waals surface area contributed by atoms with Crippen LogP contribution in [0.1, 0.15) is 5.76 Å². The summed E-state index contributed by atoms with van der Waals surface area (Å²) in [5, 5.41) is 3.43. The molecule has 0 aliphatic rings. The number of aromatic nitrogens is 1. The first-order chi connectivity index (χ1) is 8.76. The molecule has 0 saturated carbocycles. The summed E-state index contributed by atoms with van der Waals surface area (Å²) in [4.78, 5) is 0. The van der Waals surface area contributed by atoms with E-state index in [0.29, 0.717) is 6.07 Å². The molecule has 19 heavy (non-hydrogen) atoms. The molecular weight excluding hydrogens is 278 g/mol. The zero-order valence-corrected chi connectivity index (χ0v) is 10.7. The van der Waals surface area contributed by atoms with Crippen LogP contribution in [-0.2, 0) is 15.6 Å². The van der Waals surface area contributed by atoms with E-state index in [9.17, 15) is 17.2 Å². The average molecular weight is 288 g/mol. The predicted molar refractivity (Wildman–Crippen MR) is 64.8 cm³/mol. The summed E-state index contributed by atoms with van der Waals surface area (Å²) in [6.07, 6.45) is 1.00. The van der Waals surface area contributed by atoms with Crippen LogP contribution in [0.2, 0.25) is 0 Å². The molecule has 1 aromatic heterocycles. The number of rotatable bonds is 3. The Labute approximate surface area is 107 Å². The quantitative estimate of drug-likeness (QED) is 0.929. The van der Waals surface area contributed by atoms with Crippen LogP contribution >= 0.6 is 0 Å². The van der Waals surface area contributed by atoms with Gasteiger partial charge in [0.1, 0.15) is 17.4 Å². The van der Waals surface area contributed by atoms with Gasteiger partial charge in [-0.3, -0.25) is 0 Å².